The molecule has 1 saturated carbocycles. The SMILES string of the molecule is CC(=O)c1cn(CC(=O)N2[C@@H]3CC3C[C@H]2C(=O)CCc2cccc(Cl)c2F)c2c(C(=O)O)cccc12. The van der Waals surface area contributed by atoms with Gasteiger partial charge in [0.1, 0.15) is 12.4 Å². The number of aromatic carboxylic acids is 1. The molecule has 5 rings (SSSR count). The molecule has 1 aliphatic carbocycles. The molecular formula is C27H24ClFN2O5. The average Bonchev–Trinajstić information content (AvgIpc) is 3.34. The number of aromatic nitrogens is 1. The molecule has 0 radical (unpaired) electrons. The lowest BCUT2D eigenvalue weighted by atomic mass is 10.00. The fourth-order valence-electron chi connectivity index (χ4n) is 5.43. The van der Waals surface area contributed by atoms with Gasteiger partial charge >= 0.3 is 5.97 Å². The lowest BCUT2D eigenvalue weighted by Gasteiger charge is -2.27. The summed E-state index contributed by atoms with van der Waals surface area (Å²) in [5, 5.41) is 10.2. The first kappa shape index (κ1) is 24.2. The number of hydrogen-bond donors (Lipinski definition) is 1. The molecule has 2 heterocycles. The highest BCUT2D eigenvalue weighted by molar-refractivity contribution is 6.30. The number of amides is 1. The van der Waals surface area contributed by atoms with Crippen LogP contribution in [0.15, 0.2) is 42.6 Å². The van der Waals surface area contributed by atoms with Crippen molar-refractivity contribution in [3.8, 4) is 0 Å². The Morgan fingerprint density at radius 3 is 2.56 bits per heavy atom. The number of hydrogen-bond acceptors (Lipinski definition) is 4. The third-order valence-electron chi connectivity index (χ3n) is 7.25. The fourth-order valence-corrected chi connectivity index (χ4v) is 5.63. The van der Waals surface area contributed by atoms with Gasteiger partial charge in [0, 0.05) is 29.6 Å². The minimum Gasteiger partial charge on any atom is -0.478 e. The van der Waals surface area contributed by atoms with Gasteiger partial charge in [0.05, 0.1) is 22.1 Å². The van der Waals surface area contributed by atoms with E-state index in [9.17, 15) is 28.7 Å². The highest BCUT2D eigenvalue weighted by atomic mass is 35.5. The summed E-state index contributed by atoms with van der Waals surface area (Å²) in [6.45, 7) is 1.20. The van der Waals surface area contributed by atoms with E-state index >= 15 is 0 Å². The molecule has 3 atom stereocenters. The second-order valence-electron chi connectivity index (χ2n) is 9.53. The van der Waals surface area contributed by atoms with E-state index in [4.69, 9.17) is 11.6 Å². The number of aryl methyl sites for hydroxylation is 1. The Labute approximate surface area is 211 Å². The number of rotatable bonds is 8. The molecule has 2 fully saturated rings. The quantitative estimate of drug-likeness (QED) is 0.449. The van der Waals surface area contributed by atoms with Gasteiger partial charge in [0.15, 0.2) is 11.6 Å². The summed E-state index contributed by atoms with van der Waals surface area (Å²) in [4.78, 5) is 52.3. The van der Waals surface area contributed by atoms with E-state index in [1.807, 2.05) is 0 Å². The van der Waals surface area contributed by atoms with E-state index in [2.05, 4.69) is 0 Å². The number of benzene rings is 2. The van der Waals surface area contributed by atoms with Crippen molar-refractivity contribution in [2.75, 3.05) is 0 Å². The number of Topliss-reactive ketones (excluding diaryl/α,β-unsaturated/α-hetero) is 2. The Morgan fingerprint density at radius 1 is 1.08 bits per heavy atom. The van der Waals surface area contributed by atoms with Crippen LogP contribution in [0.25, 0.3) is 10.9 Å². The van der Waals surface area contributed by atoms with E-state index in [0.29, 0.717) is 28.5 Å². The Balaban J connectivity index is 1.38. The fraction of sp³-hybridized carbons (Fsp3) is 0.333. The van der Waals surface area contributed by atoms with E-state index in [1.54, 1.807) is 29.2 Å². The molecule has 1 N–H and O–H groups in total. The minimum atomic E-state index is -1.16. The van der Waals surface area contributed by atoms with E-state index in [0.717, 1.165) is 6.42 Å². The summed E-state index contributed by atoms with van der Waals surface area (Å²) in [6.07, 6.45) is 3.17. The molecule has 2 aromatic carbocycles. The van der Waals surface area contributed by atoms with Gasteiger partial charge in [-0.05, 0) is 49.8 Å². The number of likely N-dealkylation sites (tertiary alicyclic amines) is 1. The molecule has 3 aromatic rings. The van der Waals surface area contributed by atoms with Crippen molar-refractivity contribution in [2.24, 2.45) is 5.92 Å². The molecular weight excluding hydrogens is 487 g/mol. The first-order valence-corrected chi connectivity index (χ1v) is 12.2. The predicted molar refractivity (Wildman–Crippen MR) is 131 cm³/mol. The number of carbonyl (C=O) groups excluding carboxylic acids is 3. The van der Waals surface area contributed by atoms with Crippen molar-refractivity contribution in [2.45, 2.75) is 51.2 Å². The molecule has 1 saturated heterocycles. The largest absolute Gasteiger partial charge is 0.478 e. The molecule has 1 aliphatic heterocycles. The zero-order chi connectivity index (χ0) is 25.7. The van der Waals surface area contributed by atoms with Crippen molar-refractivity contribution in [3.63, 3.8) is 0 Å². The first-order valence-electron chi connectivity index (χ1n) is 11.8. The molecule has 0 bridgehead atoms. The van der Waals surface area contributed by atoms with Crippen LogP contribution in [0.5, 0.6) is 0 Å². The van der Waals surface area contributed by atoms with Crippen molar-refractivity contribution in [3.05, 3.63) is 70.1 Å². The number of ketones is 2. The van der Waals surface area contributed by atoms with Gasteiger partial charge in [-0.15, -0.1) is 0 Å². The number of carboxylic acids is 1. The van der Waals surface area contributed by atoms with Gasteiger partial charge in [0.25, 0.3) is 0 Å². The lowest BCUT2D eigenvalue weighted by Crippen LogP contribution is -2.44. The maximum Gasteiger partial charge on any atom is 0.337 e. The summed E-state index contributed by atoms with van der Waals surface area (Å²) in [6, 6.07) is 8.71. The Bertz CT molecular complexity index is 1430. The minimum absolute atomic E-state index is 0.00322. The first-order chi connectivity index (χ1) is 17.2. The molecule has 0 spiro atoms. The number of halogens is 2. The second kappa shape index (κ2) is 9.17. The van der Waals surface area contributed by atoms with Gasteiger partial charge in [-0.25, -0.2) is 9.18 Å². The van der Waals surface area contributed by atoms with Gasteiger partial charge in [-0.1, -0.05) is 35.9 Å². The molecule has 36 heavy (non-hydrogen) atoms. The molecule has 7 nitrogen and oxygen atoms in total. The van der Waals surface area contributed by atoms with Gasteiger partial charge < -0.3 is 14.6 Å². The Hall–Kier alpha value is -3.52. The summed E-state index contributed by atoms with van der Waals surface area (Å²) in [5.41, 5.74) is 0.987. The number of nitrogens with zero attached hydrogens (tertiary/aromatic N) is 2. The van der Waals surface area contributed by atoms with Gasteiger partial charge in [0.2, 0.25) is 5.91 Å². The lowest BCUT2D eigenvalue weighted by molar-refractivity contribution is -0.139. The smallest absolute Gasteiger partial charge is 0.337 e. The summed E-state index contributed by atoms with van der Waals surface area (Å²) in [5.74, 6) is -2.12. The topological polar surface area (TPSA) is 96.7 Å². The zero-order valence-corrected chi connectivity index (χ0v) is 20.3. The number of carboxylic acid groups (broad SMARTS) is 1. The standard InChI is InChI=1S/C27H24ClFN2O5/c1-14(32)19-12-30(26-17(19)5-3-6-18(26)27(35)36)13-24(34)31-21-10-16(21)11-22(31)23(33)9-8-15-4-2-7-20(28)25(15)29/h2-7,12,16,21-22H,8-11,13H2,1H3,(H,35,36)/t16?,21-,22+/m1/s1. The molecule has 1 unspecified atom stereocenters. The monoisotopic (exact) mass is 510 g/mol. The van der Waals surface area contributed by atoms with Crippen LogP contribution in [0.4, 0.5) is 4.39 Å². The van der Waals surface area contributed by atoms with Crippen molar-refractivity contribution < 1.29 is 28.7 Å². The van der Waals surface area contributed by atoms with Crippen LogP contribution in [0.2, 0.25) is 5.02 Å². The van der Waals surface area contributed by atoms with Crippen molar-refractivity contribution >= 4 is 45.9 Å². The van der Waals surface area contributed by atoms with Crippen LogP contribution < -0.4 is 0 Å². The summed E-state index contributed by atoms with van der Waals surface area (Å²) >= 11 is 5.84. The van der Waals surface area contributed by atoms with Crippen LogP contribution in [-0.2, 0) is 22.6 Å². The van der Waals surface area contributed by atoms with Crippen molar-refractivity contribution in [1.82, 2.24) is 9.47 Å². The van der Waals surface area contributed by atoms with Crippen LogP contribution in [-0.4, -0.2) is 50.1 Å². The third-order valence-corrected chi connectivity index (χ3v) is 7.54. The third kappa shape index (κ3) is 4.19. The highest BCUT2D eigenvalue weighted by Gasteiger charge is 2.55. The summed E-state index contributed by atoms with van der Waals surface area (Å²) in [7, 11) is 0. The van der Waals surface area contributed by atoms with E-state index < -0.39 is 17.8 Å². The number of fused-ring (bicyclic) bond motifs is 2. The predicted octanol–water partition coefficient (Wildman–Crippen LogP) is 4.53. The maximum absolute atomic E-state index is 14.2. The second-order valence-corrected chi connectivity index (χ2v) is 9.94. The van der Waals surface area contributed by atoms with Crippen molar-refractivity contribution in [1.29, 1.82) is 0 Å². The van der Waals surface area contributed by atoms with Crippen LogP contribution in [0, 0.1) is 11.7 Å². The molecule has 186 valence electrons. The van der Waals surface area contributed by atoms with Crippen LogP contribution >= 0.6 is 11.6 Å². The Kier molecular flexibility index (Phi) is 6.16. The normalized spacial score (nSPS) is 20.4. The number of para-hydroxylation sites is 1. The molecule has 1 amide bonds. The number of carbonyl (C=O) groups is 4. The van der Waals surface area contributed by atoms with Crippen LogP contribution in [0.1, 0.15) is 52.5 Å². The van der Waals surface area contributed by atoms with Gasteiger partial charge in [-0.2, -0.15) is 0 Å². The average molecular weight is 511 g/mol. The van der Waals surface area contributed by atoms with Crippen LogP contribution in [0.3, 0.4) is 0 Å². The van der Waals surface area contributed by atoms with Gasteiger partial charge in [-0.3, -0.25) is 14.4 Å². The maximum atomic E-state index is 14.2. The molecule has 2 aliphatic rings. The van der Waals surface area contributed by atoms with E-state index in [1.165, 1.54) is 29.8 Å². The van der Waals surface area contributed by atoms with E-state index in [-0.39, 0.29) is 59.4 Å². The molecule has 9 heteroatoms. The molecule has 1 aromatic heterocycles. The zero-order valence-electron chi connectivity index (χ0n) is 19.5. The number of piperidine rings is 1. The summed E-state index contributed by atoms with van der Waals surface area (Å²) < 4.78 is 15.7. The highest BCUT2D eigenvalue weighted by Crippen LogP contribution is 2.48. The Morgan fingerprint density at radius 2 is 1.83 bits per heavy atom.